The van der Waals surface area contributed by atoms with Gasteiger partial charge in [0.2, 0.25) is 0 Å². The molecule has 1 N–H and O–H groups in total. The van der Waals surface area contributed by atoms with Crippen LogP contribution in [0.5, 0.6) is 0 Å². The van der Waals surface area contributed by atoms with E-state index in [1.807, 2.05) is 0 Å². The molecule has 3 heteroatoms. The lowest BCUT2D eigenvalue weighted by Gasteiger charge is -2.23. The Labute approximate surface area is 134 Å². The van der Waals surface area contributed by atoms with Gasteiger partial charge in [0, 0.05) is 18.4 Å². The summed E-state index contributed by atoms with van der Waals surface area (Å²) in [5.41, 5.74) is 3.40. The van der Waals surface area contributed by atoms with Gasteiger partial charge in [-0.05, 0) is 38.3 Å². The quantitative estimate of drug-likeness (QED) is 0.483. The van der Waals surface area contributed by atoms with Crippen LogP contribution in [0.3, 0.4) is 0 Å². The standard InChI is InChI=1S/C19H28N2O/c1-5-15(3)19(17-10-8-14(2)9-11-17)21-22-16(4)18-7-6-12-20-13-18/h8-11,15,18,20H,4-7,12-13H2,1-3H3/b21-19+/t15?,18-/m1/s1. The lowest BCUT2D eigenvalue weighted by Crippen LogP contribution is -2.31. The first-order chi connectivity index (χ1) is 10.6. The normalized spacial score (nSPS) is 20.5. The molecule has 1 unspecified atom stereocenters. The van der Waals surface area contributed by atoms with Gasteiger partial charge in [-0.3, -0.25) is 0 Å². The van der Waals surface area contributed by atoms with E-state index in [1.54, 1.807) is 0 Å². The van der Waals surface area contributed by atoms with Crippen LogP contribution >= 0.6 is 0 Å². The fourth-order valence-electron chi connectivity index (χ4n) is 2.65. The Morgan fingerprint density at radius 1 is 1.41 bits per heavy atom. The van der Waals surface area contributed by atoms with Crippen LogP contribution in [0.15, 0.2) is 41.8 Å². The van der Waals surface area contributed by atoms with Gasteiger partial charge in [-0.15, -0.1) is 0 Å². The van der Waals surface area contributed by atoms with Crippen molar-refractivity contribution in [2.24, 2.45) is 17.0 Å². The van der Waals surface area contributed by atoms with Gasteiger partial charge in [0.05, 0.1) is 5.71 Å². The molecule has 3 nitrogen and oxygen atoms in total. The maximum Gasteiger partial charge on any atom is 0.132 e. The zero-order valence-electron chi connectivity index (χ0n) is 14.1. The second kappa shape index (κ2) is 8.14. The van der Waals surface area contributed by atoms with Gasteiger partial charge < -0.3 is 10.2 Å². The van der Waals surface area contributed by atoms with Crippen molar-refractivity contribution < 1.29 is 4.84 Å². The molecule has 1 aliphatic rings. The first-order valence-electron chi connectivity index (χ1n) is 8.33. The largest absolute Gasteiger partial charge is 0.361 e. The molecule has 1 fully saturated rings. The molecule has 1 heterocycles. The highest BCUT2D eigenvalue weighted by Gasteiger charge is 2.19. The molecule has 0 aromatic heterocycles. The summed E-state index contributed by atoms with van der Waals surface area (Å²) in [4.78, 5) is 5.70. The first kappa shape index (κ1) is 16.8. The van der Waals surface area contributed by atoms with Crippen molar-refractivity contribution in [2.75, 3.05) is 13.1 Å². The maximum atomic E-state index is 5.70. The molecular weight excluding hydrogens is 272 g/mol. The SMILES string of the molecule is C=C(O/N=C(/c1ccc(C)cc1)C(C)CC)[C@@H]1CCCNC1. The Morgan fingerprint density at radius 2 is 2.14 bits per heavy atom. The lowest BCUT2D eigenvalue weighted by molar-refractivity contribution is 0.175. The van der Waals surface area contributed by atoms with E-state index in [0.717, 1.165) is 43.0 Å². The number of nitrogens with zero attached hydrogens (tertiary/aromatic N) is 1. The second-order valence-corrected chi connectivity index (χ2v) is 6.25. The van der Waals surface area contributed by atoms with Crippen LogP contribution in [0.4, 0.5) is 0 Å². The fraction of sp³-hybridized carbons (Fsp3) is 0.526. The van der Waals surface area contributed by atoms with E-state index in [0.29, 0.717) is 11.8 Å². The third-order valence-electron chi connectivity index (χ3n) is 4.44. The van der Waals surface area contributed by atoms with Gasteiger partial charge in [-0.25, -0.2) is 0 Å². The number of nitrogens with one attached hydrogen (secondary N) is 1. The minimum Gasteiger partial charge on any atom is -0.361 e. The molecule has 1 saturated heterocycles. The summed E-state index contributed by atoms with van der Waals surface area (Å²) in [6.07, 6.45) is 3.34. The zero-order valence-corrected chi connectivity index (χ0v) is 14.1. The molecule has 120 valence electrons. The van der Waals surface area contributed by atoms with Crippen molar-refractivity contribution in [1.29, 1.82) is 0 Å². The van der Waals surface area contributed by atoms with E-state index in [4.69, 9.17) is 4.84 Å². The summed E-state index contributed by atoms with van der Waals surface area (Å²) in [6, 6.07) is 8.48. The highest BCUT2D eigenvalue weighted by atomic mass is 16.6. The van der Waals surface area contributed by atoms with Gasteiger partial charge in [0.15, 0.2) is 0 Å². The Balaban J connectivity index is 2.10. The summed E-state index contributed by atoms with van der Waals surface area (Å²) in [5.74, 6) is 1.51. The van der Waals surface area contributed by atoms with Crippen molar-refractivity contribution in [2.45, 2.75) is 40.0 Å². The Hall–Kier alpha value is -1.61. The summed E-state index contributed by atoms with van der Waals surface area (Å²) < 4.78 is 0. The van der Waals surface area contributed by atoms with Gasteiger partial charge in [-0.2, -0.15) is 0 Å². The van der Waals surface area contributed by atoms with Gasteiger partial charge in [0.1, 0.15) is 5.76 Å². The number of piperidine rings is 1. The number of rotatable bonds is 6. The zero-order chi connectivity index (χ0) is 15.9. The molecular formula is C19H28N2O. The third-order valence-corrected chi connectivity index (χ3v) is 4.44. The lowest BCUT2D eigenvalue weighted by atomic mass is 9.96. The average Bonchev–Trinajstić information content (AvgIpc) is 2.56. The minimum absolute atomic E-state index is 0.361. The molecule has 1 aromatic rings. The molecule has 22 heavy (non-hydrogen) atoms. The van der Waals surface area contributed by atoms with Crippen molar-refractivity contribution in [3.05, 3.63) is 47.7 Å². The van der Waals surface area contributed by atoms with Crippen LogP contribution in [0.25, 0.3) is 0 Å². The van der Waals surface area contributed by atoms with E-state index in [-0.39, 0.29) is 0 Å². The number of benzene rings is 1. The smallest absolute Gasteiger partial charge is 0.132 e. The highest BCUT2D eigenvalue weighted by Crippen LogP contribution is 2.21. The average molecular weight is 300 g/mol. The Bertz CT molecular complexity index is 513. The van der Waals surface area contributed by atoms with E-state index in [1.165, 1.54) is 12.0 Å². The molecule has 2 atom stereocenters. The van der Waals surface area contributed by atoms with Crippen LogP contribution in [-0.4, -0.2) is 18.8 Å². The van der Waals surface area contributed by atoms with E-state index in [9.17, 15) is 0 Å². The summed E-state index contributed by atoms with van der Waals surface area (Å²) in [6.45, 7) is 12.6. The molecule has 0 saturated carbocycles. The second-order valence-electron chi connectivity index (χ2n) is 6.25. The van der Waals surface area contributed by atoms with Crippen molar-refractivity contribution >= 4 is 5.71 Å². The van der Waals surface area contributed by atoms with Gasteiger partial charge >= 0.3 is 0 Å². The predicted molar refractivity (Wildman–Crippen MR) is 93.0 cm³/mol. The van der Waals surface area contributed by atoms with E-state index < -0.39 is 0 Å². The number of oxime groups is 1. The Morgan fingerprint density at radius 3 is 2.73 bits per heavy atom. The summed E-state index contributed by atoms with van der Waals surface area (Å²) in [5, 5.41) is 7.84. The molecule has 1 aliphatic heterocycles. The van der Waals surface area contributed by atoms with Gasteiger partial charge in [0.25, 0.3) is 0 Å². The van der Waals surface area contributed by atoms with Crippen LogP contribution in [0.2, 0.25) is 0 Å². The number of hydrogen-bond donors (Lipinski definition) is 1. The molecule has 0 amide bonds. The minimum atomic E-state index is 0.361. The van der Waals surface area contributed by atoms with Crippen molar-refractivity contribution in [3.8, 4) is 0 Å². The Kier molecular flexibility index (Phi) is 6.20. The molecule has 0 bridgehead atoms. The topological polar surface area (TPSA) is 33.6 Å². The third kappa shape index (κ3) is 4.44. The van der Waals surface area contributed by atoms with Crippen LogP contribution < -0.4 is 5.32 Å². The predicted octanol–water partition coefficient (Wildman–Crippen LogP) is 4.28. The van der Waals surface area contributed by atoms with Gasteiger partial charge in [-0.1, -0.05) is 55.4 Å². The van der Waals surface area contributed by atoms with Crippen LogP contribution in [0.1, 0.15) is 44.2 Å². The van der Waals surface area contributed by atoms with Crippen molar-refractivity contribution in [1.82, 2.24) is 5.32 Å². The molecule has 1 aromatic carbocycles. The van der Waals surface area contributed by atoms with E-state index in [2.05, 4.69) is 62.1 Å². The fourth-order valence-corrected chi connectivity index (χ4v) is 2.65. The summed E-state index contributed by atoms with van der Waals surface area (Å²) >= 11 is 0. The maximum absolute atomic E-state index is 5.70. The molecule has 2 rings (SSSR count). The molecule has 0 aliphatic carbocycles. The molecule has 0 spiro atoms. The van der Waals surface area contributed by atoms with Crippen LogP contribution in [0, 0.1) is 18.8 Å². The number of hydrogen-bond acceptors (Lipinski definition) is 3. The monoisotopic (exact) mass is 300 g/mol. The van der Waals surface area contributed by atoms with Crippen LogP contribution in [-0.2, 0) is 4.84 Å². The van der Waals surface area contributed by atoms with E-state index >= 15 is 0 Å². The highest BCUT2D eigenvalue weighted by molar-refractivity contribution is 6.01. The number of aryl methyl sites for hydroxylation is 1. The van der Waals surface area contributed by atoms with Crippen molar-refractivity contribution in [3.63, 3.8) is 0 Å². The molecule has 0 radical (unpaired) electrons. The summed E-state index contributed by atoms with van der Waals surface area (Å²) in [7, 11) is 0. The first-order valence-corrected chi connectivity index (χ1v) is 8.33.